The molecule has 0 spiro atoms. The van der Waals surface area contributed by atoms with E-state index in [0.717, 1.165) is 64.2 Å². The van der Waals surface area contributed by atoms with E-state index in [1.165, 1.54) is 38.5 Å². The van der Waals surface area contributed by atoms with Gasteiger partial charge in [-0.2, -0.15) is 0 Å². The van der Waals surface area contributed by atoms with Crippen LogP contribution in [0.1, 0.15) is 129 Å². The summed E-state index contributed by atoms with van der Waals surface area (Å²) in [4.78, 5) is 23.1. The number of ether oxygens (including phenoxy) is 2. The van der Waals surface area contributed by atoms with Gasteiger partial charge in [0, 0.05) is 12.8 Å². The Hall–Kier alpha value is -1.32. The van der Waals surface area contributed by atoms with E-state index in [9.17, 15) is 9.59 Å². The highest BCUT2D eigenvalue weighted by atomic mass is 16.5. The van der Waals surface area contributed by atoms with Gasteiger partial charge in [-0.15, -0.1) is 0 Å². The summed E-state index contributed by atoms with van der Waals surface area (Å²) >= 11 is 0. The Morgan fingerprint density at radius 2 is 1.00 bits per heavy atom. The van der Waals surface area contributed by atoms with Crippen molar-refractivity contribution in [3.05, 3.63) is 12.2 Å². The van der Waals surface area contributed by atoms with Crippen LogP contribution < -0.4 is 0 Å². The van der Waals surface area contributed by atoms with Crippen LogP contribution in [-0.4, -0.2) is 25.2 Å². The lowest BCUT2D eigenvalue weighted by molar-refractivity contribution is -0.144. The van der Waals surface area contributed by atoms with Crippen molar-refractivity contribution in [3.8, 4) is 0 Å². The standard InChI is InChI=1S/C26H48O4/c1-3-5-19-23-29-25(27)21-17-15-13-11-9-7-8-10-12-14-16-18-22-26(28)30-24-20-6-4-2/h13,15H,3-12,14,16-24H2,1-2H3/b15-13+. The number of allylic oxidation sites excluding steroid dienone is 2. The molecule has 0 aromatic rings. The maximum absolute atomic E-state index is 11.6. The van der Waals surface area contributed by atoms with Gasteiger partial charge < -0.3 is 9.47 Å². The smallest absolute Gasteiger partial charge is 0.306 e. The highest BCUT2D eigenvalue weighted by molar-refractivity contribution is 5.69. The molecule has 0 aromatic heterocycles. The molecule has 0 saturated carbocycles. The Balaban J connectivity index is 3.26. The molecule has 0 amide bonds. The predicted octanol–water partition coefficient (Wildman–Crippen LogP) is 7.69. The van der Waals surface area contributed by atoms with Crippen LogP contribution in [0, 0.1) is 0 Å². The summed E-state index contributed by atoms with van der Waals surface area (Å²) in [7, 11) is 0. The maximum atomic E-state index is 11.6. The zero-order valence-electron chi connectivity index (χ0n) is 19.9. The molecule has 0 atom stereocenters. The first-order valence-corrected chi connectivity index (χ1v) is 12.7. The topological polar surface area (TPSA) is 52.6 Å². The fraction of sp³-hybridized carbons (Fsp3) is 0.846. The van der Waals surface area contributed by atoms with Gasteiger partial charge in [0.1, 0.15) is 0 Å². The number of hydrogen-bond acceptors (Lipinski definition) is 4. The van der Waals surface area contributed by atoms with E-state index in [2.05, 4.69) is 26.0 Å². The molecule has 0 heterocycles. The first-order valence-electron chi connectivity index (χ1n) is 12.7. The first kappa shape index (κ1) is 28.7. The van der Waals surface area contributed by atoms with Crippen LogP contribution in [0.2, 0.25) is 0 Å². The molecule has 0 N–H and O–H groups in total. The Morgan fingerprint density at radius 3 is 1.57 bits per heavy atom. The first-order chi connectivity index (χ1) is 14.7. The zero-order valence-corrected chi connectivity index (χ0v) is 19.9. The zero-order chi connectivity index (χ0) is 22.1. The van der Waals surface area contributed by atoms with Crippen LogP contribution in [0.25, 0.3) is 0 Å². The number of carbonyl (C=O) groups excluding carboxylic acids is 2. The molecule has 0 aliphatic heterocycles. The summed E-state index contributed by atoms with van der Waals surface area (Å²) in [5.74, 6) is -0.0948. The van der Waals surface area contributed by atoms with E-state index in [1.807, 2.05) is 0 Å². The Kier molecular flexibility index (Phi) is 22.9. The Bertz CT molecular complexity index is 417. The van der Waals surface area contributed by atoms with Gasteiger partial charge in [0.25, 0.3) is 0 Å². The summed E-state index contributed by atoms with van der Waals surface area (Å²) in [5.41, 5.74) is 0. The van der Waals surface area contributed by atoms with Crippen LogP contribution in [0.4, 0.5) is 0 Å². The predicted molar refractivity (Wildman–Crippen MR) is 126 cm³/mol. The molecular formula is C26H48O4. The minimum atomic E-state index is -0.0698. The molecule has 0 radical (unpaired) electrons. The molecule has 0 aliphatic rings. The van der Waals surface area contributed by atoms with Gasteiger partial charge in [-0.3, -0.25) is 9.59 Å². The minimum absolute atomic E-state index is 0.0250. The molecule has 0 bridgehead atoms. The van der Waals surface area contributed by atoms with Crippen LogP contribution in [-0.2, 0) is 19.1 Å². The molecule has 4 heteroatoms. The highest BCUT2D eigenvalue weighted by Crippen LogP contribution is 2.11. The molecule has 4 nitrogen and oxygen atoms in total. The third-order valence-electron chi connectivity index (χ3n) is 5.21. The third kappa shape index (κ3) is 23.0. The average molecular weight is 425 g/mol. The van der Waals surface area contributed by atoms with Crippen molar-refractivity contribution >= 4 is 11.9 Å². The molecule has 0 fully saturated rings. The molecular weight excluding hydrogens is 376 g/mol. The number of hydrogen-bond donors (Lipinski definition) is 0. The highest BCUT2D eigenvalue weighted by Gasteiger charge is 2.02. The van der Waals surface area contributed by atoms with Crippen LogP contribution in [0.3, 0.4) is 0 Å². The molecule has 0 rings (SSSR count). The van der Waals surface area contributed by atoms with Crippen molar-refractivity contribution in [3.63, 3.8) is 0 Å². The second kappa shape index (κ2) is 24.0. The van der Waals surface area contributed by atoms with Gasteiger partial charge in [-0.05, 0) is 38.5 Å². The fourth-order valence-electron chi connectivity index (χ4n) is 3.25. The van der Waals surface area contributed by atoms with Crippen LogP contribution in [0.5, 0.6) is 0 Å². The normalized spacial score (nSPS) is 11.1. The minimum Gasteiger partial charge on any atom is -0.466 e. The van der Waals surface area contributed by atoms with Gasteiger partial charge in [0.15, 0.2) is 0 Å². The van der Waals surface area contributed by atoms with Gasteiger partial charge in [-0.1, -0.05) is 90.2 Å². The lowest BCUT2D eigenvalue weighted by Crippen LogP contribution is -2.05. The molecule has 0 aromatic carbocycles. The maximum Gasteiger partial charge on any atom is 0.306 e. The van der Waals surface area contributed by atoms with Crippen molar-refractivity contribution in [1.29, 1.82) is 0 Å². The van der Waals surface area contributed by atoms with Crippen molar-refractivity contribution in [2.75, 3.05) is 13.2 Å². The van der Waals surface area contributed by atoms with Crippen LogP contribution >= 0.6 is 0 Å². The molecule has 0 saturated heterocycles. The van der Waals surface area contributed by atoms with E-state index < -0.39 is 0 Å². The van der Waals surface area contributed by atoms with Crippen molar-refractivity contribution in [1.82, 2.24) is 0 Å². The summed E-state index contributed by atoms with van der Waals surface area (Å²) in [6.45, 7) is 5.46. The number of carbonyl (C=O) groups is 2. The second-order valence-corrected chi connectivity index (χ2v) is 8.23. The van der Waals surface area contributed by atoms with E-state index in [4.69, 9.17) is 9.47 Å². The summed E-state index contributed by atoms with van der Waals surface area (Å²) in [6, 6.07) is 0. The van der Waals surface area contributed by atoms with Gasteiger partial charge in [-0.25, -0.2) is 0 Å². The Morgan fingerprint density at radius 1 is 0.533 bits per heavy atom. The van der Waals surface area contributed by atoms with Crippen molar-refractivity contribution in [2.45, 2.75) is 129 Å². The summed E-state index contributed by atoms with van der Waals surface area (Å²) < 4.78 is 10.4. The van der Waals surface area contributed by atoms with Crippen molar-refractivity contribution in [2.24, 2.45) is 0 Å². The second-order valence-electron chi connectivity index (χ2n) is 8.23. The van der Waals surface area contributed by atoms with E-state index in [-0.39, 0.29) is 11.9 Å². The molecule has 0 aliphatic carbocycles. The molecule has 0 unspecified atom stereocenters. The monoisotopic (exact) mass is 424 g/mol. The summed E-state index contributed by atoms with van der Waals surface area (Å²) in [6.07, 6.45) is 23.5. The SMILES string of the molecule is CCCCCOC(=O)CC/C=C/CCCCCCCCCCC(=O)OCCCCC. The number of unbranched alkanes of at least 4 members (excludes halogenated alkanes) is 12. The van der Waals surface area contributed by atoms with E-state index >= 15 is 0 Å². The lowest BCUT2D eigenvalue weighted by atomic mass is 10.1. The Labute approximate surface area is 186 Å². The molecule has 30 heavy (non-hydrogen) atoms. The van der Waals surface area contributed by atoms with Gasteiger partial charge in [0.05, 0.1) is 13.2 Å². The largest absolute Gasteiger partial charge is 0.466 e. The lowest BCUT2D eigenvalue weighted by Gasteiger charge is -2.04. The van der Waals surface area contributed by atoms with Crippen molar-refractivity contribution < 1.29 is 19.1 Å². The quantitative estimate of drug-likeness (QED) is 0.101. The number of rotatable bonds is 22. The fourth-order valence-corrected chi connectivity index (χ4v) is 3.25. The van der Waals surface area contributed by atoms with Gasteiger partial charge >= 0.3 is 11.9 Å². The van der Waals surface area contributed by atoms with Gasteiger partial charge in [0.2, 0.25) is 0 Å². The van der Waals surface area contributed by atoms with E-state index in [0.29, 0.717) is 26.1 Å². The third-order valence-corrected chi connectivity index (χ3v) is 5.21. The van der Waals surface area contributed by atoms with Crippen LogP contribution in [0.15, 0.2) is 12.2 Å². The molecule has 176 valence electrons. The number of esters is 2. The summed E-state index contributed by atoms with van der Waals surface area (Å²) in [5, 5.41) is 0. The van der Waals surface area contributed by atoms with E-state index in [1.54, 1.807) is 0 Å². The average Bonchev–Trinajstić information content (AvgIpc) is 2.74.